The summed E-state index contributed by atoms with van der Waals surface area (Å²) in [5.74, 6) is 0. The first-order valence-electron chi connectivity index (χ1n) is 6.67. The molecule has 5 nitrogen and oxygen atoms in total. The van der Waals surface area contributed by atoms with E-state index in [1.54, 1.807) is 18.3 Å². The van der Waals surface area contributed by atoms with Crippen molar-refractivity contribution in [1.29, 1.82) is 0 Å². The molecule has 0 spiro atoms. The van der Waals surface area contributed by atoms with E-state index < -0.39 is 0 Å². The van der Waals surface area contributed by atoms with Gasteiger partial charge >= 0.3 is 6.03 Å². The molecule has 0 radical (unpaired) electrons. The Bertz CT molecular complexity index is 651. The van der Waals surface area contributed by atoms with Crippen LogP contribution in [0.3, 0.4) is 0 Å². The second-order valence-electron chi connectivity index (χ2n) is 4.82. The molecule has 2 aromatic rings. The molecular weight excluding hydrogens is 344 g/mol. The van der Waals surface area contributed by atoms with Crippen LogP contribution in [0.4, 0.5) is 16.2 Å². The fourth-order valence-corrected chi connectivity index (χ4v) is 1.98. The van der Waals surface area contributed by atoms with Gasteiger partial charge in [-0.2, -0.15) is 5.10 Å². The predicted molar refractivity (Wildman–Crippen MR) is 94.7 cm³/mol. The second-order valence-corrected chi connectivity index (χ2v) is 5.73. The van der Waals surface area contributed by atoms with Gasteiger partial charge in [0.15, 0.2) is 0 Å². The molecule has 0 fully saturated rings. The quantitative estimate of drug-likeness (QED) is 0.645. The van der Waals surface area contributed by atoms with Crippen molar-refractivity contribution in [3.8, 4) is 0 Å². The first kappa shape index (κ1) is 16.0. The second kappa shape index (κ2) is 7.61. The molecule has 0 heterocycles. The third-order valence-electron chi connectivity index (χ3n) is 2.89. The van der Waals surface area contributed by atoms with Gasteiger partial charge in [0.25, 0.3) is 0 Å². The Morgan fingerprint density at radius 2 is 1.73 bits per heavy atom. The highest BCUT2D eigenvalue weighted by Gasteiger charge is 1.99. The van der Waals surface area contributed by atoms with Gasteiger partial charge in [-0.15, -0.1) is 0 Å². The van der Waals surface area contributed by atoms with Crippen LogP contribution in [0.15, 0.2) is 58.1 Å². The van der Waals surface area contributed by atoms with Crippen molar-refractivity contribution >= 4 is 39.6 Å². The molecule has 0 unspecified atom stereocenters. The molecule has 0 aliphatic carbocycles. The average molecular weight is 361 g/mol. The van der Waals surface area contributed by atoms with Gasteiger partial charge in [-0.1, -0.05) is 28.1 Å². The van der Waals surface area contributed by atoms with Gasteiger partial charge in [0.1, 0.15) is 0 Å². The minimum Gasteiger partial charge on any atom is -0.378 e. The van der Waals surface area contributed by atoms with Crippen molar-refractivity contribution in [2.45, 2.75) is 0 Å². The molecule has 0 saturated carbocycles. The molecular formula is C16H17BrN4O. The van der Waals surface area contributed by atoms with E-state index in [4.69, 9.17) is 0 Å². The number of hydrogen-bond acceptors (Lipinski definition) is 3. The van der Waals surface area contributed by atoms with Gasteiger partial charge in [-0.05, 0) is 42.0 Å². The number of halogens is 1. The zero-order valence-corrected chi connectivity index (χ0v) is 14.0. The number of nitrogens with zero attached hydrogens (tertiary/aromatic N) is 2. The number of amides is 2. The summed E-state index contributed by atoms with van der Waals surface area (Å²) in [6.07, 6.45) is 1.60. The smallest absolute Gasteiger partial charge is 0.339 e. The van der Waals surface area contributed by atoms with Gasteiger partial charge in [-0.25, -0.2) is 10.2 Å². The standard InChI is InChI=1S/C16H17BrN4O/c1-21(2)15-9-3-12(4-10-15)11-18-20-16(22)19-14-7-5-13(17)6-8-14/h3-11H,1-2H3,(H2,19,20,22)/b18-11+. The van der Waals surface area contributed by atoms with Crippen LogP contribution in [0.25, 0.3) is 0 Å². The first-order chi connectivity index (χ1) is 10.5. The lowest BCUT2D eigenvalue weighted by atomic mass is 10.2. The third kappa shape index (κ3) is 4.89. The normalized spacial score (nSPS) is 10.5. The van der Waals surface area contributed by atoms with Gasteiger partial charge < -0.3 is 10.2 Å². The van der Waals surface area contributed by atoms with E-state index in [1.807, 2.05) is 55.4 Å². The number of hydrazone groups is 1. The summed E-state index contributed by atoms with van der Waals surface area (Å²) in [7, 11) is 3.97. The Kier molecular flexibility index (Phi) is 5.55. The summed E-state index contributed by atoms with van der Waals surface area (Å²) in [5, 5.41) is 6.61. The molecule has 0 aromatic heterocycles. The molecule has 22 heavy (non-hydrogen) atoms. The molecule has 2 aromatic carbocycles. The molecule has 0 bridgehead atoms. The lowest BCUT2D eigenvalue weighted by molar-refractivity contribution is 0.252. The number of urea groups is 1. The SMILES string of the molecule is CN(C)c1ccc(/C=N/NC(=O)Nc2ccc(Br)cc2)cc1. The maximum Gasteiger partial charge on any atom is 0.339 e. The summed E-state index contributed by atoms with van der Waals surface area (Å²) in [4.78, 5) is 13.7. The fourth-order valence-electron chi connectivity index (χ4n) is 1.72. The zero-order valence-electron chi connectivity index (χ0n) is 12.4. The van der Waals surface area contributed by atoms with E-state index in [2.05, 4.69) is 31.8 Å². The number of hydrogen-bond donors (Lipinski definition) is 2. The van der Waals surface area contributed by atoms with Crippen molar-refractivity contribution in [3.63, 3.8) is 0 Å². The summed E-state index contributed by atoms with van der Waals surface area (Å²) in [5.41, 5.74) is 5.15. The van der Waals surface area contributed by atoms with Gasteiger partial charge in [0.2, 0.25) is 0 Å². The highest BCUT2D eigenvalue weighted by atomic mass is 79.9. The topological polar surface area (TPSA) is 56.7 Å². The van der Waals surface area contributed by atoms with Crippen molar-refractivity contribution in [2.75, 3.05) is 24.3 Å². The van der Waals surface area contributed by atoms with Crippen LogP contribution >= 0.6 is 15.9 Å². The van der Waals surface area contributed by atoms with Crippen LogP contribution in [0.5, 0.6) is 0 Å². The summed E-state index contributed by atoms with van der Waals surface area (Å²) in [6, 6.07) is 14.8. The highest BCUT2D eigenvalue weighted by Crippen LogP contribution is 2.14. The van der Waals surface area contributed by atoms with Crippen LogP contribution in [0.1, 0.15) is 5.56 Å². The third-order valence-corrected chi connectivity index (χ3v) is 3.42. The van der Waals surface area contributed by atoms with Crippen LogP contribution in [0, 0.1) is 0 Å². The van der Waals surface area contributed by atoms with E-state index in [0.717, 1.165) is 15.7 Å². The predicted octanol–water partition coefficient (Wildman–Crippen LogP) is 3.67. The van der Waals surface area contributed by atoms with Crippen molar-refractivity contribution in [3.05, 3.63) is 58.6 Å². The first-order valence-corrected chi connectivity index (χ1v) is 7.47. The molecule has 6 heteroatoms. The van der Waals surface area contributed by atoms with Crippen LogP contribution in [-0.4, -0.2) is 26.3 Å². The molecule has 114 valence electrons. The van der Waals surface area contributed by atoms with E-state index in [9.17, 15) is 4.79 Å². The largest absolute Gasteiger partial charge is 0.378 e. The van der Waals surface area contributed by atoms with Gasteiger partial charge in [0, 0.05) is 29.9 Å². The summed E-state index contributed by atoms with van der Waals surface area (Å²) >= 11 is 3.34. The molecule has 2 amide bonds. The molecule has 2 N–H and O–H groups in total. The van der Waals surface area contributed by atoms with E-state index >= 15 is 0 Å². The Balaban J connectivity index is 1.86. The molecule has 0 aliphatic heterocycles. The Hall–Kier alpha value is -2.34. The zero-order chi connectivity index (χ0) is 15.9. The molecule has 0 atom stereocenters. The number of anilines is 2. The van der Waals surface area contributed by atoms with Crippen LogP contribution < -0.4 is 15.6 Å². The lowest BCUT2D eigenvalue weighted by Gasteiger charge is -2.11. The number of rotatable bonds is 4. The minimum absolute atomic E-state index is 0.386. The minimum atomic E-state index is -0.386. The Morgan fingerprint density at radius 3 is 2.32 bits per heavy atom. The van der Waals surface area contributed by atoms with Crippen LogP contribution in [-0.2, 0) is 0 Å². The molecule has 0 aliphatic rings. The number of benzene rings is 2. The Morgan fingerprint density at radius 1 is 1.09 bits per heavy atom. The van der Waals surface area contributed by atoms with E-state index in [1.165, 1.54) is 0 Å². The van der Waals surface area contributed by atoms with E-state index in [0.29, 0.717) is 5.69 Å². The van der Waals surface area contributed by atoms with E-state index in [-0.39, 0.29) is 6.03 Å². The maximum absolute atomic E-state index is 11.7. The van der Waals surface area contributed by atoms with Crippen LogP contribution in [0.2, 0.25) is 0 Å². The van der Waals surface area contributed by atoms with Crippen molar-refractivity contribution < 1.29 is 4.79 Å². The van der Waals surface area contributed by atoms with Gasteiger partial charge in [-0.3, -0.25) is 0 Å². The monoisotopic (exact) mass is 360 g/mol. The molecule has 0 saturated heterocycles. The number of carbonyl (C=O) groups excluding carboxylic acids is 1. The summed E-state index contributed by atoms with van der Waals surface area (Å²) < 4.78 is 0.956. The highest BCUT2D eigenvalue weighted by molar-refractivity contribution is 9.10. The lowest BCUT2D eigenvalue weighted by Crippen LogP contribution is -2.24. The molecule has 2 rings (SSSR count). The maximum atomic E-state index is 11.7. The Labute approximate surface area is 138 Å². The fraction of sp³-hybridized carbons (Fsp3) is 0.125. The number of nitrogens with one attached hydrogen (secondary N) is 2. The number of carbonyl (C=O) groups is 1. The van der Waals surface area contributed by atoms with Gasteiger partial charge in [0.05, 0.1) is 6.21 Å². The average Bonchev–Trinajstić information content (AvgIpc) is 2.50. The summed E-state index contributed by atoms with van der Waals surface area (Å²) in [6.45, 7) is 0. The van der Waals surface area contributed by atoms with Crippen molar-refractivity contribution in [1.82, 2.24) is 5.43 Å². The van der Waals surface area contributed by atoms with Crippen molar-refractivity contribution in [2.24, 2.45) is 5.10 Å².